The molecular formula is C21H16ClN7O5S2. The molecule has 0 saturated carbocycles. The average molecular weight is 546 g/mol. The highest BCUT2D eigenvalue weighted by molar-refractivity contribution is 7.92. The van der Waals surface area contributed by atoms with Gasteiger partial charge in [0.15, 0.2) is 0 Å². The molecule has 5 rings (SSSR count). The molecule has 3 aromatic heterocycles. The maximum absolute atomic E-state index is 13.0. The molecule has 12 nitrogen and oxygen atoms in total. The lowest BCUT2D eigenvalue weighted by Gasteiger charge is -2.09. The average Bonchev–Trinajstić information content (AvgIpc) is 3.52. The van der Waals surface area contributed by atoms with E-state index in [1.54, 1.807) is 18.2 Å². The van der Waals surface area contributed by atoms with Crippen LogP contribution in [-0.4, -0.2) is 47.9 Å². The fraction of sp³-hybridized carbons (Fsp3) is 0.0952. The first-order valence-electron chi connectivity index (χ1n) is 10.3. The van der Waals surface area contributed by atoms with Gasteiger partial charge in [0.2, 0.25) is 0 Å². The number of aromatic amines is 1. The maximum Gasteiger partial charge on any atom is 0.334 e. The predicted molar refractivity (Wildman–Crippen MR) is 136 cm³/mol. The van der Waals surface area contributed by atoms with Crippen molar-refractivity contribution in [1.82, 2.24) is 24.6 Å². The maximum atomic E-state index is 13.0. The Morgan fingerprint density at radius 3 is 2.64 bits per heavy atom. The molecule has 15 heteroatoms. The van der Waals surface area contributed by atoms with Gasteiger partial charge in [-0.15, -0.1) is 11.3 Å². The van der Waals surface area contributed by atoms with Crippen molar-refractivity contribution >= 4 is 61.4 Å². The monoisotopic (exact) mass is 545 g/mol. The van der Waals surface area contributed by atoms with Crippen LogP contribution in [-0.2, 0) is 10.0 Å². The highest BCUT2D eigenvalue weighted by Gasteiger charge is 2.20. The second-order valence-electron chi connectivity index (χ2n) is 7.51. The van der Waals surface area contributed by atoms with Crippen LogP contribution in [0.15, 0.2) is 67.5 Å². The second kappa shape index (κ2) is 9.22. The molecule has 1 aromatic carbocycles. The molecule has 0 radical (unpaired) electrons. The Hall–Kier alpha value is -4.01. The Morgan fingerprint density at radius 1 is 1.14 bits per heavy atom. The van der Waals surface area contributed by atoms with Crippen LogP contribution in [0.3, 0.4) is 0 Å². The van der Waals surface area contributed by atoms with Crippen LogP contribution in [0.4, 0.5) is 10.5 Å². The number of hydrogen-bond donors (Lipinski definition) is 4. The molecule has 0 spiro atoms. The molecule has 0 atom stereocenters. The molecule has 0 fully saturated rings. The van der Waals surface area contributed by atoms with Crippen molar-refractivity contribution in [3.8, 4) is 5.82 Å². The number of carbonyl (C=O) groups is 1. The van der Waals surface area contributed by atoms with Crippen LogP contribution < -0.4 is 26.6 Å². The minimum Gasteiger partial charge on any atom is -0.368 e. The van der Waals surface area contributed by atoms with Crippen LogP contribution in [0.1, 0.15) is 5.56 Å². The number of benzene rings is 1. The van der Waals surface area contributed by atoms with E-state index in [1.807, 2.05) is 4.72 Å². The lowest BCUT2D eigenvalue weighted by molar-refractivity contribution is 0.256. The Morgan fingerprint density at radius 2 is 1.97 bits per heavy atom. The van der Waals surface area contributed by atoms with Crippen LogP contribution in [0.2, 0.25) is 4.34 Å². The van der Waals surface area contributed by atoms with E-state index < -0.39 is 27.3 Å². The quantitative estimate of drug-likeness (QED) is 0.295. The van der Waals surface area contributed by atoms with Gasteiger partial charge in [-0.3, -0.25) is 9.79 Å². The number of nitrogens with zero attached hydrogens (tertiary/aromatic N) is 3. The molecule has 1 aliphatic rings. The summed E-state index contributed by atoms with van der Waals surface area (Å²) in [6.07, 6.45) is 1.19. The minimum atomic E-state index is -4.10. The standard InChI is InChI=1S/C21H16ClN7O5S2/c22-15-4-6-17(35-15)36(33,34)28-20(31)26-12-2-5-16(25-10-12)29-19(30)13-3-1-11(18-23-7-8-24-18)9-14(13)27-21(29)32/h1-6,9-10H,7-8H2,(H,23,24)(H,27,32)(H2,26,28,31). The van der Waals surface area contributed by atoms with Crippen molar-refractivity contribution in [3.63, 3.8) is 0 Å². The number of amidine groups is 1. The summed E-state index contributed by atoms with van der Waals surface area (Å²) in [5, 5.41) is 5.75. The number of aromatic nitrogens is 3. The van der Waals surface area contributed by atoms with E-state index in [2.05, 4.69) is 25.6 Å². The Labute approximate surface area is 211 Å². The fourth-order valence-electron chi connectivity index (χ4n) is 3.53. The topological polar surface area (TPSA) is 167 Å². The second-order valence-corrected chi connectivity index (χ2v) is 11.1. The van der Waals surface area contributed by atoms with Gasteiger partial charge in [-0.1, -0.05) is 17.7 Å². The Kier molecular flexibility index (Phi) is 6.07. The Bertz CT molecular complexity index is 1760. The van der Waals surface area contributed by atoms with Gasteiger partial charge in [0.25, 0.3) is 15.6 Å². The molecule has 0 saturated heterocycles. The molecule has 1 aliphatic heterocycles. The van der Waals surface area contributed by atoms with Gasteiger partial charge in [0, 0.05) is 12.1 Å². The fourth-order valence-corrected chi connectivity index (χ4v) is 5.92. The van der Waals surface area contributed by atoms with Gasteiger partial charge in [0.1, 0.15) is 15.9 Å². The molecule has 2 amide bonds. The molecule has 4 heterocycles. The SMILES string of the molecule is O=C(Nc1ccc(-n2c(=O)[nH]c3cc(C4=NCCN4)ccc3c2=O)nc1)NS(=O)(=O)c1ccc(Cl)s1. The number of urea groups is 1. The van der Waals surface area contributed by atoms with Gasteiger partial charge in [-0.25, -0.2) is 32.3 Å². The van der Waals surface area contributed by atoms with Crippen molar-refractivity contribution < 1.29 is 13.2 Å². The van der Waals surface area contributed by atoms with Crippen LogP contribution >= 0.6 is 22.9 Å². The number of fused-ring (bicyclic) bond motifs is 1. The van der Waals surface area contributed by atoms with Gasteiger partial charge in [-0.05, 0) is 36.4 Å². The highest BCUT2D eigenvalue weighted by Crippen LogP contribution is 2.25. The summed E-state index contributed by atoms with van der Waals surface area (Å²) >= 11 is 6.55. The first-order chi connectivity index (χ1) is 17.2. The van der Waals surface area contributed by atoms with Crippen LogP contribution in [0, 0.1) is 0 Å². The molecule has 0 unspecified atom stereocenters. The van der Waals surface area contributed by atoms with E-state index in [4.69, 9.17) is 11.6 Å². The van der Waals surface area contributed by atoms with Crippen molar-refractivity contribution in [2.24, 2.45) is 4.99 Å². The zero-order valence-corrected chi connectivity index (χ0v) is 20.5. The van der Waals surface area contributed by atoms with E-state index in [-0.39, 0.29) is 25.4 Å². The first kappa shape index (κ1) is 23.7. The molecule has 0 aliphatic carbocycles. The number of pyridine rings is 1. The van der Waals surface area contributed by atoms with Crippen molar-refractivity contribution in [2.75, 3.05) is 18.4 Å². The van der Waals surface area contributed by atoms with Crippen LogP contribution in [0.5, 0.6) is 0 Å². The van der Waals surface area contributed by atoms with Crippen molar-refractivity contribution in [3.05, 3.63) is 79.4 Å². The number of aliphatic imine (C=N–C) groups is 1. The molecule has 4 aromatic rings. The molecule has 184 valence electrons. The summed E-state index contributed by atoms with van der Waals surface area (Å²) in [7, 11) is -4.10. The third kappa shape index (κ3) is 4.60. The van der Waals surface area contributed by atoms with E-state index in [0.29, 0.717) is 17.9 Å². The number of sulfonamides is 1. The number of H-pyrrole nitrogens is 1. The van der Waals surface area contributed by atoms with E-state index >= 15 is 0 Å². The number of thiophene rings is 1. The van der Waals surface area contributed by atoms with E-state index in [0.717, 1.165) is 28.0 Å². The predicted octanol–water partition coefficient (Wildman–Crippen LogP) is 1.65. The van der Waals surface area contributed by atoms with Crippen molar-refractivity contribution in [2.45, 2.75) is 4.21 Å². The first-order valence-corrected chi connectivity index (χ1v) is 13.0. The van der Waals surface area contributed by atoms with Gasteiger partial charge < -0.3 is 15.6 Å². The van der Waals surface area contributed by atoms with Crippen molar-refractivity contribution in [1.29, 1.82) is 0 Å². The number of rotatable bonds is 5. The summed E-state index contributed by atoms with van der Waals surface area (Å²) in [6, 6.07) is 9.39. The summed E-state index contributed by atoms with van der Waals surface area (Å²) in [6.45, 7) is 1.38. The number of halogens is 1. The molecule has 0 bridgehead atoms. The molecular weight excluding hydrogens is 530 g/mol. The Balaban J connectivity index is 1.37. The highest BCUT2D eigenvalue weighted by atomic mass is 35.5. The normalized spacial score (nSPS) is 13.3. The minimum absolute atomic E-state index is 0.0147. The number of amides is 2. The van der Waals surface area contributed by atoms with Gasteiger partial charge >= 0.3 is 11.7 Å². The summed E-state index contributed by atoms with van der Waals surface area (Å²) in [4.78, 5) is 49.0. The van der Waals surface area contributed by atoms with Gasteiger partial charge in [0.05, 0.1) is 33.7 Å². The number of carbonyl (C=O) groups excluding carboxylic acids is 1. The zero-order valence-electron chi connectivity index (χ0n) is 18.1. The van der Waals surface area contributed by atoms with E-state index in [9.17, 15) is 22.8 Å². The molecule has 36 heavy (non-hydrogen) atoms. The third-order valence-corrected chi connectivity index (χ3v) is 8.17. The lowest BCUT2D eigenvalue weighted by atomic mass is 10.1. The van der Waals surface area contributed by atoms with E-state index in [1.165, 1.54) is 30.5 Å². The summed E-state index contributed by atoms with van der Waals surface area (Å²) in [5.74, 6) is 0.712. The summed E-state index contributed by atoms with van der Waals surface area (Å²) < 4.78 is 27.4. The summed E-state index contributed by atoms with van der Waals surface area (Å²) in [5.41, 5.74) is -0.0246. The number of anilines is 1. The molecule has 4 N–H and O–H groups in total. The zero-order chi connectivity index (χ0) is 25.4. The largest absolute Gasteiger partial charge is 0.368 e. The number of nitrogens with one attached hydrogen (secondary N) is 4. The third-order valence-electron chi connectivity index (χ3n) is 5.12. The van der Waals surface area contributed by atoms with Gasteiger partial charge in [-0.2, -0.15) is 0 Å². The smallest absolute Gasteiger partial charge is 0.334 e. The van der Waals surface area contributed by atoms with Crippen LogP contribution in [0.25, 0.3) is 16.7 Å². The lowest BCUT2D eigenvalue weighted by Crippen LogP contribution is -2.35. The number of hydrogen-bond acceptors (Lipinski definition) is 9.